The Labute approximate surface area is 131 Å². The smallest absolute Gasteiger partial charge is 0.317 e. The minimum absolute atomic E-state index is 0.153. The van der Waals surface area contributed by atoms with Crippen molar-refractivity contribution in [2.45, 2.75) is 46.5 Å². The van der Waals surface area contributed by atoms with Gasteiger partial charge >= 0.3 is 6.03 Å². The maximum atomic E-state index is 12.4. The van der Waals surface area contributed by atoms with Gasteiger partial charge in [0.15, 0.2) is 0 Å². The molecule has 4 amide bonds. The summed E-state index contributed by atoms with van der Waals surface area (Å²) < 4.78 is 0. The molecule has 3 fully saturated rings. The van der Waals surface area contributed by atoms with Crippen molar-refractivity contribution in [3.8, 4) is 0 Å². The molecule has 6 heteroatoms. The fraction of sp³-hybridized carbons (Fsp3) is 0.812. The number of urea groups is 1. The van der Waals surface area contributed by atoms with Crippen molar-refractivity contribution < 1.29 is 14.4 Å². The number of carbonyl (C=O) groups excluding carboxylic acids is 3. The molecule has 0 bridgehead atoms. The zero-order valence-electron chi connectivity index (χ0n) is 13.6. The second-order valence-electron chi connectivity index (χ2n) is 7.71. The van der Waals surface area contributed by atoms with Crippen LogP contribution in [0.15, 0.2) is 0 Å². The monoisotopic (exact) mass is 307 g/mol. The van der Waals surface area contributed by atoms with Gasteiger partial charge in [-0.25, -0.2) is 4.79 Å². The zero-order chi connectivity index (χ0) is 16.2. The molecule has 2 atom stereocenters. The summed E-state index contributed by atoms with van der Waals surface area (Å²) in [4.78, 5) is 38.2. The van der Waals surface area contributed by atoms with Crippen LogP contribution in [-0.4, -0.2) is 42.4 Å². The van der Waals surface area contributed by atoms with Gasteiger partial charge < -0.3 is 10.2 Å². The van der Waals surface area contributed by atoms with Gasteiger partial charge in [0.1, 0.15) is 0 Å². The Morgan fingerprint density at radius 1 is 1.18 bits per heavy atom. The Kier molecular flexibility index (Phi) is 3.27. The van der Waals surface area contributed by atoms with Crippen molar-refractivity contribution in [2.24, 2.45) is 16.2 Å². The van der Waals surface area contributed by atoms with E-state index in [9.17, 15) is 14.4 Å². The van der Waals surface area contributed by atoms with Crippen LogP contribution in [0.4, 0.5) is 4.79 Å². The molecule has 0 spiro atoms. The summed E-state index contributed by atoms with van der Waals surface area (Å²) in [6.45, 7) is 7.01. The molecular weight excluding hydrogens is 282 g/mol. The highest BCUT2D eigenvalue weighted by molar-refractivity contribution is 6.10. The molecule has 6 nitrogen and oxygen atoms in total. The standard InChI is InChI=1S/C16H25N3O3/c1-4-5-16(6-7-16)8-17-13(22)19-9-14(2)11(20)18-12(21)15(14,3)10-19/h4-10H2,1-3H3,(H,17,22)(H,18,20,21). The maximum Gasteiger partial charge on any atom is 0.317 e. The highest BCUT2D eigenvalue weighted by Crippen LogP contribution is 2.51. The van der Waals surface area contributed by atoms with E-state index in [0.29, 0.717) is 25.0 Å². The van der Waals surface area contributed by atoms with Crippen LogP contribution in [0.1, 0.15) is 46.5 Å². The van der Waals surface area contributed by atoms with E-state index in [2.05, 4.69) is 17.6 Å². The van der Waals surface area contributed by atoms with Crippen molar-refractivity contribution in [3.63, 3.8) is 0 Å². The molecule has 122 valence electrons. The van der Waals surface area contributed by atoms with E-state index in [-0.39, 0.29) is 17.8 Å². The van der Waals surface area contributed by atoms with Gasteiger partial charge in [-0.2, -0.15) is 0 Å². The van der Waals surface area contributed by atoms with Gasteiger partial charge in [0.2, 0.25) is 11.8 Å². The quantitative estimate of drug-likeness (QED) is 0.768. The van der Waals surface area contributed by atoms with E-state index in [1.54, 1.807) is 18.7 Å². The van der Waals surface area contributed by atoms with Crippen LogP contribution in [0.25, 0.3) is 0 Å². The topological polar surface area (TPSA) is 78.5 Å². The summed E-state index contributed by atoms with van der Waals surface area (Å²) >= 11 is 0. The normalized spacial score (nSPS) is 35.3. The number of carbonyl (C=O) groups is 3. The van der Waals surface area contributed by atoms with E-state index in [4.69, 9.17) is 0 Å². The van der Waals surface area contributed by atoms with Crippen molar-refractivity contribution in [3.05, 3.63) is 0 Å². The van der Waals surface area contributed by atoms with E-state index in [0.717, 1.165) is 12.8 Å². The van der Waals surface area contributed by atoms with Gasteiger partial charge in [0.25, 0.3) is 0 Å². The molecule has 2 aliphatic heterocycles. The summed E-state index contributed by atoms with van der Waals surface area (Å²) in [6.07, 6.45) is 4.63. The molecule has 0 aromatic rings. The predicted octanol–water partition coefficient (Wildman–Crippen LogP) is 1.26. The number of nitrogens with zero attached hydrogens (tertiary/aromatic N) is 1. The van der Waals surface area contributed by atoms with Crippen LogP contribution in [0.2, 0.25) is 0 Å². The molecule has 3 aliphatic rings. The Morgan fingerprint density at radius 2 is 1.73 bits per heavy atom. The predicted molar refractivity (Wildman–Crippen MR) is 80.9 cm³/mol. The summed E-state index contributed by atoms with van der Waals surface area (Å²) in [6, 6.07) is -0.153. The van der Waals surface area contributed by atoms with Crippen molar-refractivity contribution in [1.82, 2.24) is 15.5 Å². The molecule has 1 saturated carbocycles. The van der Waals surface area contributed by atoms with E-state index in [1.165, 1.54) is 12.8 Å². The van der Waals surface area contributed by atoms with Gasteiger partial charge in [-0.05, 0) is 38.5 Å². The summed E-state index contributed by atoms with van der Waals surface area (Å²) in [5.41, 5.74) is -1.34. The van der Waals surface area contributed by atoms with Crippen LogP contribution >= 0.6 is 0 Å². The lowest BCUT2D eigenvalue weighted by Crippen LogP contribution is -2.44. The Bertz CT molecular complexity index is 515. The highest BCUT2D eigenvalue weighted by Gasteiger charge is 2.66. The van der Waals surface area contributed by atoms with E-state index in [1.807, 2.05) is 0 Å². The van der Waals surface area contributed by atoms with Gasteiger partial charge in [-0.1, -0.05) is 13.3 Å². The molecule has 0 radical (unpaired) electrons. The maximum absolute atomic E-state index is 12.4. The first-order valence-electron chi connectivity index (χ1n) is 8.15. The average molecular weight is 307 g/mol. The Morgan fingerprint density at radius 3 is 2.18 bits per heavy atom. The van der Waals surface area contributed by atoms with Gasteiger partial charge in [-0.3, -0.25) is 14.9 Å². The number of imide groups is 1. The summed E-state index contributed by atoms with van der Waals surface area (Å²) in [5.74, 6) is -0.528. The third kappa shape index (κ3) is 2.03. The lowest BCUT2D eigenvalue weighted by Gasteiger charge is -2.25. The number of likely N-dealkylation sites (tertiary alicyclic amines) is 1. The van der Waals surface area contributed by atoms with Crippen LogP contribution in [-0.2, 0) is 9.59 Å². The first kappa shape index (κ1) is 15.3. The van der Waals surface area contributed by atoms with Crippen molar-refractivity contribution in [1.29, 1.82) is 0 Å². The number of hydrogen-bond donors (Lipinski definition) is 2. The molecule has 2 heterocycles. The Balaban J connectivity index is 1.64. The SMILES string of the molecule is CCCC1(CNC(=O)N2CC3(C)C(=O)NC(=O)C3(C)C2)CC1. The third-order valence-electron chi connectivity index (χ3n) is 6.10. The molecule has 2 saturated heterocycles. The summed E-state index contributed by atoms with van der Waals surface area (Å²) in [7, 11) is 0. The second kappa shape index (κ2) is 4.70. The van der Waals surface area contributed by atoms with Crippen molar-refractivity contribution in [2.75, 3.05) is 19.6 Å². The first-order chi connectivity index (χ1) is 10.3. The fourth-order valence-corrected chi connectivity index (χ4v) is 3.93. The van der Waals surface area contributed by atoms with Crippen LogP contribution in [0, 0.1) is 16.2 Å². The minimum atomic E-state index is -0.817. The molecule has 22 heavy (non-hydrogen) atoms. The van der Waals surface area contributed by atoms with E-state index < -0.39 is 10.8 Å². The minimum Gasteiger partial charge on any atom is -0.337 e. The number of fused-ring (bicyclic) bond motifs is 1. The average Bonchev–Trinajstić information content (AvgIpc) is 3.13. The molecule has 0 aromatic heterocycles. The number of amides is 4. The zero-order valence-corrected chi connectivity index (χ0v) is 13.6. The van der Waals surface area contributed by atoms with Crippen LogP contribution in [0.3, 0.4) is 0 Å². The number of nitrogens with one attached hydrogen (secondary N) is 2. The highest BCUT2D eigenvalue weighted by atomic mass is 16.2. The van der Waals surface area contributed by atoms with Crippen LogP contribution in [0.5, 0.6) is 0 Å². The molecule has 3 rings (SSSR count). The second-order valence-corrected chi connectivity index (χ2v) is 7.71. The third-order valence-corrected chi connectivity index (χ3v) is 6.10. The molecule has 0 aromatic carbocycles. The molecule has 2 N–H and O–H groups in total. The lowest BCUT2D eigenvalue weighted by molar-refractivity contribution is -0.128. The largest absolute Gasteiger partial charge is 0.337 e. The van der Waals surface area contributed by atoms with Crippen molar-refractivity contribution >= 4 is 17.8 Å². The van der Waals surface area contributed by atoms with Gasteiger partial charge in [-0.15, -0.1) is 0 Å². The number of rotatable bonds is 4. The lowest BCUT2D eigenvalue weighted by atomic mass is 9.70. The number of hydrogen-bond acceptors (Lipinski definition) is 3. The van der Waals surface area contributed by atoms with E-state index >= 15 is 0 Å². The first-order valence-corrected chi connectivity index (χ1v) is 8.15. The van der Waals surface area contributed by atoms with Gasteiger partial charge in [0, 0.05) is 19.6 Å². The molecule has 1 aliphatic carbocycles. The molecule has 2 unspecified atom stereocenters. The van der Waals surface area contributed by atoms with Gasteiger partial charge in [0.05, 0.1) is 10.8 Å². The van der Waals surface area contributed by atoms with Crippen LogP contribution < -0.4 is 10.6 Å². The Hall–Kier alpha value is -1.59. The molecular formula is C16H25N3O3. The summed E-state index contributed by atoms with van der Waals surface area (Å²) in [5, 5.41) is 5.42. The fourth-order valence-electron chi connectivity index (χ4n) is 3.93.